The molecule has 0 spiro atoms. The Balaban J connectivity index is 1.70. The fourth-order valence-electron chi connectivity index (χ4n) is 2.55. The number of nitrogens with one attached hydrogen (secondary N) is 2. The molecule has 0 aliphatic heterocycles. The van der Waals surface area contributed by atoms with Crippen LogP contribution < -0.4 is 10.6 Å². The molecule has 6 heteroatoms. The van der Waals surface area contributed by atoms with Crippen molar-refractivity contribution in [2.75, 3.05) is 5.32 Å². The number of amides is 2. The van der Waals surface area contributed by atoms with E-state index in [9.17, 15) is 9.59 Å². The van der Waals surface area contributed by atoms with Crippen LogP contribution in [0.15, 0.2) is 52.9 Å². The third-order valence-electron chi connectivity index (χ3n) is 4.26. The SMILES string of the molecule is Cc1ccc(C(=O)NCc2nc(C)c(C)o2)cc1NC(=O)c1ccccc1. The van der Waals surface area contributed by atoms with Crippen molar-refractivity contribution >= 4 is 17.5 Å². The number of carbonyl (C=O) groups excluding carboxylic acids is 2. The van der Waals surface area contributed by atoms with E-state index in [4.69, 9.17) is 4.42 Å². The van der Waals surface area contributed by atoms with Crippen LogP contribution in [0.25, 0.3) is 0 Å². The van der Waals surface area contributed by atoms with Crippen molar-refractivity contribution in [3.8, 4) is 0 Å². The number of benzene rings is 2. The Bertz CT molecular complexity index is 958. The summed E-state index contributed by atoms with van der Waals surface area (Å²) < 4.78 is 5.46. The van der Waals surface area contributed by atoms with E-state index in [0.717, 1.165) is 17.0 Å². The first-order chi connectivity index (χ1) is 12.9. The van der Waals surface area contributed by atoms with Gasteiger partial charge in [0.25, 0.3) is 11.8 Å². The molecule has 2 amide bonds. The van der Waals surface area contributed by atoms with Crippen LogP contribution in [0.1, 0.15) is 43.6 Å². The molecule has 1 heterocycles. The highest BCUT2D eigenvalue weighted by atomic mass is 16.4. The molecule has 27 heavy (non-hydrogen) atoms. The van der Waals surface area contributed by atoms with Crippen LogP contribution in [0.4, 0.5) is 5.69 Å². The van der Waals surface area contributed by atoms with E-state index >= 15 is 0 Å². The Kier molecular flexibility index (Phi) is 5.35. The zero-order valence-electron chi connectivity index (χ0n) is 15.5. The van der Waals surface area contributed by atoms with Crippen LogP contribution in [0.3, 0.4) is 0 Å². The van der Waals surface area contributed by atoms with E-state index in [0.29, 0.717) is 22.7 Å². The van der Waals surface area contributed by atoms with Crippen LogP contribution in [-0.4, -0.2) is 16.8 Å². The lowest BCUT2D eigenvalue weighted by Gasteiger charge is -2.11. The van der Waals surface area contributed by atoms with E-state index < -0.39 is 0 Å². The molecule has 0 radical (unpaired) electrons. The van der Waals surface area contributed by atoms with E-state index in [2.05, 4.69) is 15.6 Å². The first-order valence-electron chi connectivity index (χ1n) is 8.62. The molecule has 0 saturated carbocycles. The third kappa shape index (κ3) is 4.41. The molecule has 138 valence electrons. The minimum absolute atomic E-state index is 0.201. The molecule has 0 aliphatic carbocycles. The second-order valence-corrected chi connectivity index (χ2v) is 6.28. The van der Waals surface area contributed by atoms with Gasteiger partial charge in [0.2, 0.25) is 5.89 Å². The molecular weight excluding hydrogens is 342 g/mol. The summed E-state index contributed by atoms with van der Waals surface area (Å²) in [6.45, 7) is 5.76. The molecule has 0 saturated heterocycles. The third-order valence-corrected chi connectivity index (χ3v) is 4.26. The fourth-order valence-corrected chi connectivity index (χ4v) is 2.55. The molecule has 2 aromatic carbocycles. The van der Waals surface area contributed by atoms with Gasteiger partial charge in [0, 0.05) is 16.8 Å². The normalized spacial score (nSPS) is 10.5. The summed E-state index contributed by atoms with van der Waals surface area (Å²) >= 11 is 0. The predicted molar refractivity (Wildman–Crippen MR) is 103 cm³/mol. The van der Waals surface area contributed by atoms with Gasteiger partial charge in [0.1, 0.15) is 5.76 Å². The number of carbonyl (C=O) groups is 2. The molecule has 1 aromatic heterocycles. The Morgan fingerprint density at radius 1 is 0.963 bits per heavy atom. The predicted octanol–water partition coefficient (Wildman–Crippen LogP) is 3.78. The molecule has 0 atom stereocenters. The summed E-state index contributed by atoms with van der Waals surface area (Å²) in [6, 6.07) is 14.1. The van der Waals surface area contributed by atoms with Crippen molar-refractivity contribution in [3.63, 3.8) is 0 Å². The Labute approximate surface area is 157 Å². The maximum absolute atomic E-state index is 12.4. The summed E-state index contributed by atoms with van der Waals surface area (Å²) in [5.41, 5.74) is 3.28. The Hall–Kier alpha value is -3.41. The number of rotatable bonds is 5. The quantitative estimate of drug-likeness (QED) is 0.722. The van der Waals surface area contributed by atoms with Crippen LogP contribution >= 0.6 is 0 Å². The van der Waals surface area contributed by atoms with Crippen LogP contribution in [0.2, 0.25) is 0 Å². The van der Waals surface area contributed by atoms with Crippen molar-refractivity contribution in [2.45, 2.75) is 27.3 Å². The standard InChI is InChI=1S/C21H21N3O3/c1-13-9-10-17(20(25)22-12-19-23-14(2)15(3)27-19)11-18(13)24-21(26)16-7-5-4-6-8-16/h4-11H,12H2,1-3H3,(H,22,25)(H,24,26). The maximum Gasteiger partial charge on any atom is 0.255 e. The minimum Gasteiger partial charge on any atom is -0.444 e. The lowest BCUT2D eigenvalue weighted by molar-refractivity contribution is 0.0946. The molecule has 0 bridgehead atoms. The second kappa shape index (κ2) is 7.86. The lowest BCUT2D eigenvalue weighted by atomic mass is 10.1. The number of anilines is 1. The number of nitrogens with zero attached hydrogens (tertiary/aromatic N) is 1. The zero-order chi connectivity index (χ0) is 19.4. The topological polar surface area (TPSA) is 84.2 Å². The van der Waals surface area contributed by atoms with Crippen molar-refractivity contribution in [1.29, 1.82) is 0 Å². The van der Waals surface area contributed by atoms with Gasteiger partial charge < -0.3 is 15.1 Å². The van der Waals surface area contributed by atoms with Gasteiger partial charge in [-0.15, -0.1) is 0 Å². The molecule has 0 fully saturated rings. The fraction of sp³-hybridized carbons (Fsp3) is 0.190. The van der Waals surface area contributed by atoms with Gasteiger partial charge in [0.15, 0.2) is 0 Å². The number of oxazole rings is 1. The van der Waals surface area contributed by atoms with Gasteiger partial charge in [-0.25, -0.2) is 4.98 Å². The maximum atomic E-state index is 12.4. The summed E-state index contributed by atoms with van der Waals surface area (Å²) in [5.74, 6) is 0.712. The van der Waals surface area contributed by atoms with Crippen LogP contribution in [0.5, 0.6) is 0 Å². The van der Waals surface area contributed by atoms with Crippen molar-refractivity contribution in [2.24, 2.45) is 0 Å². The van der Waals surface area contributed by atoms with Crippen molar-refractivity contribution in [1.82, 2.24) is 10.3 Å². The van der Waals surface area contributed by atoms with Gasteiger partial charge in [-0.05, 0) is 50.6 Å². The molecular formula is C21H21N3O3. The van der Waals surface area contributed by atoms with Gasteiger partial charge >= 0.3 is 0 Å². The van der Waals surface area contributed by atoms with E-state index in [1.54, 1.807) is 42.5 Å². The van der Waals surface area contributed by atoms with Gasteiger partial charge in [0.05, 0.1) is 12.2 Å². The Morgan fingerprint density at radius 3 is 2.37 bits per heavy atom. The highest BCUT2D eigenvalue weighted by molar-refractivity contribution is 6.05. The summed E-state index contributed by atoms with van der Waals surface area (Å²) in [5, 5.41) is 5.64. The second-order valence-electron chi connectivity index (χ2n) is 6.28. The van der Waals surface area contributed by atoms with E-state index in [1.165, 1.54) is 0 Å². The molecule has 6 nitrogen and oxygen atoms in total. The largest absolute Gasteiger partial charge is 0.444 e. The van der Waals surface area contributed by atoms with Gasteiger partial charge in [-0.1, -0.05) is 24.3 Å². The summed E-state index contributed by atoms with van der Waals surface area (Å²) in [4.78, 5) is 29.0. The average molecular weight is 363 g/mol. The highest BCUT2D eigenvalue weighted by Crippen LogP contribution is 2.18. The molecule has 3 aromatic rings. The Morgan fingerprint density at radius 2 is 1.70 bits per heavy atom. The summed E-state index contributed by atoms with van der Waals surface area (Å²) in [7, 11) is 0. The molecule has 2 N–H and O–H groups in total. The number of aromatic nitrogens is 1. The molecule has 0 aliphatic rings. The molecule has 0 unspecified atom stereocenters. The van der Waals surface area contributed by atoms with E-state index in [1.807, 2.05) is 26.8 Å². The average Bonchev–Trinajstić information content (AvgIpc) is 3.00. The van der Waals surface area contributed by atoms with Gasteiger partial charge in [-0.3, -0.25) is 9.59 Å². The summed E-state index contributed by atoms with van der Waals surface area (Å²) in [6.07, 6.45) is 0. The lowest BCUT2D eigenvalue weighted by Crippen LogP contribution is -2.23. The van der Waals surface area contributed by atoms with E-state index in [-0.39, 0.29) is 18.4 Å². The number of aryl methyl sites for hydroxylation is 3. The number of hydrogen-bond donors (Lipinski definition) is 2. The van der Waals surface area contributed by atoms with Crippen molar-refractivity contribution < 1.29 is 14.0 Å². The number of hydrogen-bond acceptors (Lipinski definition) is 4. The monoisotopic (exact) mass is 363 g/mol. The van der Waals surface area contributed by atoms with Gasteiger partial charge in [-0.2, -0.15) is 0 Å². The minimum atomic E-state index is -0.265. The van der Waals surface area contributed by atoms with Crippen LogP contribution in [-0.2, 0) is 6.54 Å². The van der Waals surface area contributed by atoms with Crippen molar-refractivity contribution in [3.05, 3.63) is 82.6 Å². The smallest absolute Gasteiger partial charge is 0.255 e. The first-order valence-corrected chi connectivity index (χ1v) is 8.62. The highest BCUT2D eigenvalue weighted by Gasteiger charge is 2.13. The first kappa shape index (κ1) is 18.4. The molecule has 3 rings (SSSR count). The van der Waals surface area contributed by atoms with Crippen LogP contribution in [0, 0.1) is 20.8 Å². The zero-order valence-corrected chi connectivity index (χ0v) is 15.5.